The van der Waals surface area contributed by atoms with E-state index in [0.717, 1.165) is 6.07 Å². The van der Waals surface area contributed by atoms with Crippen molar-refractivity contribution in [3.8, 4) is 5.75 Å². The molecular formula is C17H13F3N2O3. The van der Waals surface area contributed by atoms with Crippen molar-refractivity contribution in [3.63, 3.8) is 0 Å². The minimum absolute atomic E-state index is 0.148. The smallest absolute Gasteiger partial charge is 0.258 e. The van der Waals surface area contributed by atoms with Crippen molar-refractivity contribution in [1.29, 1.82) is 0 Å². The molecule has 1 aliphatic rings. The van der Waals surface area contributed by atoms with E-state index >= 15 is 0 Å². The van der Waals surface area contributed by atoms with Gasteiger partial charge in [0.05, 0.1) is 17.8 Å². The van der Waals surface area contributed by atoms with Gasteiger partial charge in [0, 0.05) is 18.7 Å². The molecule has 2 amide bonds. The first kappa shape index (κ1) is 16.8. The van der Waals surface area contributed by atoms with Crippen LogP contribution in [-0.4, -0.2) is 25.0 Å². The zero-order valence-corrected chi connectivity index (χ0v) is 13.1. The number of carbonyl (C=O) groups is 2. The Kier molecular flexibility index (Phi) is 4.35. The second-order valence-corrected chi connectivity index (χ2v) is 5.38. The van der Waals surface area contributed by atoms with Gasteiger partial charge in [-0.3, -0.25) is 9.59 Å². The molecule has 0 bridgehead atoms. The molecule has 0 radical (unpaired) electrons. The van der Waals surface area contributed by atoms with E-state index in [1.165, 1.54) is 24.0 Å². The zero-order valence-electron chi connectivity index (χ0n) is 13.1. The Bertz CT molecular complexity index is 870. The fourth-order valence-electron chi connectivity index (χ4n) is 2.52. The number of fused-ring (bicyclic) bond motifs is 1. The molecule has 0 atom stereocenters. The number of nitrogens with zero attached hydrogens (tertiary/aromatic N) is 1. The summed E-state index contributed by atoms with van der Waals surface area (Å²) in [5.41, 5.74) is 0.192. The van der Waals surface area contributed by atoms with Gasteiger partial charge in [-0.05, 0) is 24.3 Å². The predicted octanol–water partition coefficient (Wildman–Crippen LogP) is 3.10. The van der Waals surface area contributed by atoms with Crippen LogP contribution in [0.2, 0.25) is 0 Å². The Hall–Kier alpha value is -3.03. The molecule has 0 saturated heterocycles. The number of nitrogens with one attached hydrogen (secondary N) is 1. The highest BCUT2D eigenvalue weighted by Gasteiger charge is 2.23. The topological polar surface area (TPSA) is 58.6 Å². The molecule has 0 unspecified atom stereocenters. The maximum Gasteiger partial charge on any atom is 0.258 e. The number of carbonyl (C=O) groups excluding carboxylic acids is 2. The normalized spacial score (nSPS) is 13.0. The summed E-state index contributed by atoms with van der Waals surface area (Å²) in [6.07, 6.45) is 0. The van der Waals surface area contributed by atoms with E-state index in [2.05, 4.69) is 5.32 Å². The molecule has 0 saturated carbocycles. The number of anilines is 2. The van der Waals surface area contributed by atoms with Gasteiger partial charge in [0.2, 0.25) is 5.91 Å². The number of amides is 2. The minimum Gasteiger partial charge on any atom is -0.489 e. The van der Waals surface area contributed by atoms with Gasteiger partial charge < -0.3 is 15.0 Å². The van der Waals surface area contributed by atoms with E-state index in [0.29, 0.717) is 30.7 Å². The summed E-state index contributed by atoms with van der Waals surface area (Å²) in [7, 11) is 0. The van der Waals surface area contributed by atoms with Crippen molar-refractivity contribution in [1.82, 2.24) is 0 Å². The molecule has 1 heterocycles. The molecule has 130 valence electrons. The Labute approximate surface area is 141 Å². The molecule has 0 spiro atoms. The first-order chi connectivity index (χ1) is 11.9. The second-order valence-electron chi connectivity index (χ2n) is 5.38. The summed E-state index contributed by atoms with van der Waals surface area (Å²) in [5.74, 6) is -5.35. The highest BCUT2D eigenvalue weighted by molar-refractivity contribution is 6.05. The molecule has 1 aliphatic heterocycles. The lowest BCUT2D eigenvalue weighted by molar-refractivity contribution is -0.116. The molecule has 3 rings (SSSR count). The van der Waals surface area contributed by atoms with Crippen molar-refractivity contribution >= 4 is 23.2 Å². The number of rotatable bonds is 2. The van der Waals surface area contributed by atoms with Crippen molar-refractivity contribution in [2.45, 2.75) is 6.92 Å². The van der Waals surface area contributed by atoms with Crippen molar-refractivity contribution in [3.05, 3.63) is 53.3 Å². The average molecular weight is 350 g/mol. The largest absolute Gasteiger partial charge is 0.489 e. The van der Waals surface area contributed by atoms with Crippen molar-refractivity contribution < 1.29 is 27.5 Å². The molecule has 0 aromatic heterocycles. The van der Waals surface area contributed by atoms with Gasteiger partial charge in [-0.2, -0.15) is 0 Å². The fraction of sp³-hybridized carbons (Fsp3) is 0.176. The standard InChI is InChI=1S/C17H13F3N2O3/c1-9(23)22-6-7-25-14-8-10(2-5-13(14)22)21-17(24)11-3-4-12(18)16(20)15(11)19/h2-5,8H,6-7H2,1H3,(H,21,24). The maximum absolute atomic E-state index is 13.7. The van der Waals surface area contributed by atoms with Gasteiger partial charge in [-0.1, -0.05) is 0 Å². The Morgan fingerprint density at radius 3 is 2.60 bits per heavy atom. The number of hydrogen-bond acceptors (Lipinski definition) is 3. The summed E-state index contributed by atoms with van der Waals surface area (Å²) < 4.78 is 45.3. The third kappa shape index (κ3) is 3.15. The zero-order chi connectivity index (χ0) is 18.1. The van der Waals surface area contributed by atoms with Crippen molar-refractivity contribution in [2.75, 3.05) is 23.4 Å². The maximum atomic E-state index is 13.7. The van der Waals surface area contributed by atoms with Crippen LogP contribution in [0.15, 0.2) is 30.3 Å². The lowest BCUT2D eigenvalue weighted by Crippen LogP contribution is -2.36. The third-order valence-electron chi connectivity index (χ3n) is 3.74. The average Bonchev–Trinajstić information content (AvgIpc) is 2.58. The summed E-state index contributed by atoms with van der Waals surface area (Å²) >= 11 is 0. The molecule has 5 nitrogen and oxygen atoms in total. The molecule has 0 aliphatic carbocycles. The molecular weight excluding hydrogens is 337 g/mol. The lowest BCUT2D eigenvalue weighted by Gasteiger charge is -2.29. The molecule has 25 heavy (non-hydrogen) atoms. The van der Waals surface area contributed by atoms with E-state index in [9.17, 15) is 22.8 Å². The van der Waals surface area contributed by atoms with Gasteiger partial charge in [-0.25, -0.2) is 13.2 Å². The van der Waals surface area contributed by atoms with Gasteiger partial charge in [0.15, 0.2) is 17.5 Å². The molecule has 2 aromatic carbocycles. The summed E-state index contributed by atoms with van der Waals surface area (Å²) in [5, 5.41) is 2.39. The monoisotopic (exact) mass is 350 g/mol. The van der Waals surface area contributed by atoms with E-state index in [1.54, 1.807) is 6.07 Å². The predicted molar refractivity (Wildman–Crippen MR) is 84.2 cm³/mol. The van der Waals surface area contributed by atoms with Crippen LogP contribution in [0.25, 0.3) is 0 Å². The van der Waals surface area contributed by atoms with Gasteiger partial charge >= 0.3 is 0 Å². The molecule has 0 fully saturated rings. The van der Waals surface area contributed by atoms with Gasteiger partial charge in [-0.15, -0.1) is 0 Å². The summed E-state index contributed by atoms with van der Waals surface area (Å²) in [6, 6.07) is 6.08. The number of ether oxygens (including phenoxy) is 1. The van der Waals surface area contributed by atoms with Crippen molar-refractivity contribution in [2.24, 2.45) is 0 Å². The summed E-state index contributed by atoms with van der Waals surface area (Å²) in [6.45, 7) is 2.13. The number of hydrogen-bond donors (Lipinski definition) is 1. The second kappa shape index (κ2) is 6.46. The van der Waals surface area contributed by atoms with Crippen LogP contribution in [-0.2, 0) is 4.79 Å². The number of benzene rings is 2. The molecule has 1 N–H and O–H groups in total. The third-order valence-corrected chi connectivity index (χ3v) is 3.74. The first-order valence-corrected chi connectivity index (χ1v) is 7.38. The highest BCUT2D eigenvalue weighted by Crippen LogP contribution is 2.34. The SMILES string of the molecule is CC(=O)N1CCOc2cc(NC(=O)c3ccc(F)c(F)c3F)ccc21. The van der Waals surface area contributed by atoms with Crippen LogP contribution >= 0.6 is 0 Å². The van der Waals surface area contributed by atoms with Crippen LogP contribution in [0, 0.1) is 17.5 Å². The fourth-order valence-corrected chi connectivity index (χ4v) is 2.52. The van der Waals surface area contributed by atoms with E-state index < -0.39 is 28.9 Å². The van der Waals surface area contributed by atoms with Gasteiger partial charge in [0.25, 0.3) is 5.91 Å². The van der Waals surface area contributed by atoms with Crippen LogP contribution in [0.1, 0.15) is 17.3 Å². The van der Waals surface area contributed by atoms with Crippen LogP contribution in [0.3, 0.4) is 0 Å². The van der Waals surface area contributed by atoms with E-state index in [4.69, 9.17) is 4.74 Å². The van der Waals surface area contributed by atoms with E-state index in [-0.39, 0.29) is 11.6 Å². The Morgan fingerprint density at radius 1 is 1.12 bits per heavy atom. The van der Waals surface area contributed by atoms with Crippen LogP contribution < -0.4 is 15.0 Å². The number of halogens is 3. The van der Waals surface area contributed by atoms with E-state index in [1.807, 2.05) is 0 Å². The lowest BCUT2D eigenvalue weighted by atomic mass is 10.1. The van der Waals surface area contributed by atoms with Crippen LogP contribution in [0.4, 0.5) is 24.5 Å². The van der Waals surface area contributed by atoms with Crippen LogP contribution in [0.5, 0.6) is 5.75 Å². The molecule has 2 aromatic rings. The Morgan fingerprint density at radius 2 is 1.88 bits per heavy atom. The molecule has 8 heteroatoms. The summed E-state index contributed by atoms with van der Waals surface area (Å²) in [4.78, 5) is 25.2. The van der Waals surface area contributed by atoms with Gasteiger partial charge in [0.1, 0.15) is 12.4 Å². The minimum atomic E-state index is -1.71. The quantitative estimate of drug-likeness (QED) is 0.847. The Balaban J connectivity index is 1.86. The first-order valence-electron chi connectivity index (χ1n) is 7.38. The highest BCUT2D eigenvalue weighted by atomic mass is 19.2.